The van der Waals surface area contributed by atoms with Gasteiger partial charge >= 0.3 is 0 Å². The summed E-state index contributed by atoms with van der Waals surface area (Å²) in [6.07, 6.45) is 0. The molecule has 0 aliphatic heterocycles. The van der Waals surface area contributed by atoms with Gasteiger partial charge in [-0.25, -0.2) is 9.37 Å². The first-order chi connectivity index (χ1) is 8.58. The third-order valence-electron chi connectivity index (χ3n) is 2.44. The molecule has 0 spiro atoms. The number of aryl methyl sites for hydroxylation is 2. The largest absolute Gasteiger partial charge is 0.289 e. The van der Waals surface area contributed by atoms with E-state index in [1.54, 1.807) is 19.9 Å². The van der Waals surface area contributed by atoms with E-state index in [0.717, 1.165) is 0 Å². The molecular weight excluding hydrogens is 235 g/mol. The van der Waals surface area contributed by atoms with E-state index < -0.39 is 11.7 Å². The number of anilines is 1. The van der Waals surface area contributed by atoms with Crippen molar-refractivity contribution in [3.63, 3.8) is 0 Å². The monoisotopic (exact) mass is 246 g/mol. The quantitative estimate of drug-likeness (QED) is 0.878. The standard InChI is InChI=1S/C12H11FN4O/c1-7-8(2)16-17-12(14-7)15-11(18)9-5-3-4-6-10(9)13/h3-6H,1-2H3,(H,14,15,17,18). The second-order valence-electron chi connectivity index (χ2n) is 3.74. The molecule has 0 radical (unpaired) electrons. The fourth-order valence-corrected chi connectivity index (χ4v) is 1.32. The first kappa shape index (κ1) is 12.1. The van der Waals surface area contributed by atoms with E-state index in [2.05, 4.69) is 20.5 Å². The zero-order chi connectivity index (χ0) is 13.1. The number of benzene rings is 1. The Labute approximate surface area is 103 Å². The van der Waals surface area contributed by atoms with Crippen LogP contribution in [0.15, 0.2) is 24.3 Å². The van der Waals surface area contributed by atoms with Crippen LogP contribution < -0.4 is 5.32 Å². The van der Waals surface area contributed by atoms with E-state index in [-0.39, 0.29) is 11.5 Å². The molecule has 2 rings (SSSR count). The van der Waals surface area contributed by atoms with Crippen LogP contribution in [0.2, 0.25) is 0 Å². The maximum absolute atomic E-state index is 13.4. The summed E-state index contributed by atoms with van der Waals surface area (Å²) in [6, 6.07) is 5.70. The van der Waals surface area contributed by atoms with E-state index >= 15 is 0 Å². The highest BCUT2D eigenvalue weighted by Crippen LogP contribution is 2.09. The van der Waals surface area contributed by atoms with Crippen LogP contribution in [0.1, 0.15) is 21.7 Å². The zero-order valence-corrected chi connectivity index (χ0v) is 9.94. The number of carbonyl (C=O) groups excluding carboxylic acids is 1. The predicted octanol–water partition coefficient (Wildman–Crippen LogP) is 1.88. The summed E-state index contributed by atoms with van der Waals surface area (Å²) in [5.74, 6) is -1.13. The van der Waals surface area contributed by atoms with E-state index in [1.807, 2.05) is 0 Å². The summed E-state index contributed by atoms with van der Waals surface area (Å²) in [5, 5.41) is 9.95. The molecule has 1 amide bonds. The van der Waals surface area contributed by atoms with Crippen molar-refractivity contribution in [1.82, 2.24) is 15.2 Å². The van der Waals surface area contributed by atoms with E-state index in [9.17, 15) is 9.18 Å². The third-order valence-corrected chi connectivity index (χ3v) is 2.44. The number of carbonyl (C=O) groups is 1. The van der Waals surface area contributed by atoms with E-state index in [4.69, 9.17) is 0 Å². The Morgan fingerprint density at radius 2 is 1.89 bits per heavy atom. The fraction of sp³-hybridized carbons (Fsp3) is 0.167. The van der Waals surface area contributed by atoms with Crippen molar-refractivity contribution < 1.29 is 9.18 Å². The molecule has 0 aliphatic rings. The Hall–Kier alpha value is -2.37. The molecule has 1 heterocycles. The highest BCUT2D eigenvalue weighted by atomic mass is 19.1. The molecule has 1 aromatic carbocycles. The Kier molecular flexibility index (Phi) is 3.27. The van der Waals surface area contributed by atoms with Crippen LogP contribution in [0.25, 0.3) is 0 Å². The van der Waals surface area contributed by atoms with Crippen molar-refractivity contribution >= 4 is 11.9 Å². The number of halogens is 1. The van der Waals surface area contributed by atoms with Gasteiger partial charge in [-0.3, -0.25) is 10.1 Å². The molecule has 0 saturated carbocycles. The molecule has 0 fully saturated rings. The van der Waals surface area contributed by atoms with E-state index in [1.165, 1.54) is 18.2 Å². The van der Waals surface area contributed by atoms with E-state index in [0.29, 0.717) is 11.4 Å². The van der Waals surface area contributed by atoms with Gasteiger partial charge in [0.25, 0.3) is 5.91 Å². The average molecular weight is 246 g/mol. The first-order valence-corrected chi connectivity index (χ1v) is 5.31. The Morgan fingerprint density at radius 1 is 1.17 bits per heavy atom. The summed E-state index contributed by atoms with van der Waals surface area (Å²) in [6.45, 7) is 3.51. The Bertz CT molecular complexity index is 600. The van der Waals surface area contributed by atoms with Gasteiger partial charge in [-0.15, -0.1) is 5.10 Å². The van der Waals surface area contributed by atoms with Crippen LogP contribution in [0.3, 0.4) is 0 Å². The predicted molar refractivity (Wildman–Crippen MR) is 63.7 cm³/mol. The van der Waals surface area contributed by atoms with Crippen LogP contribution in [-0.4, -0.2) is 21.1 Å². The lowest BCUT2D eigenvalue weighted by molar-refractivity contribution is 0.102. The number of hydrogen-bond acceptors (Lipinski definition) is 4. The zero-order valence-electron chi connectivity index (χ0n) is 9.94. The van der Waals surface area contributed by atoms with Gasteiger partial charge in [0, 0.05) is 0 Å². The van der Waals surface area contributed by atoms with Crippen LogP contribution in [0, 0.1) is 19.7 Å². The topological polar surface area (TPSA) is 67.8 Å². The van der Waals surface area contributed by atoms with Crippen molar-refractivity contribution in [3.05, 3.63) is 47.0 Å². The minimum absolute atomic E-state index is 0.0562. The van der Waals surface area contributed by atoms with Gasteiger partial charge in [-0.1, -0.05) is 12.1 Å². The normalized spacial score (nSPS) is 10.2. The minimum atomic E-state index is -0.599. The summed E-state index contributed by atoms with van der Waals surface area (Å²) >= 11 is 0. The van der Waals surface area contributed by atoms with Gasteiger partial charge in [-0.05, 0) is 26.0 Å². The molecule has 92 valence electrons. The molecule has 0 unspecified atom stereocenters. The second kappa shape index (κ2) is 4.87. The van der Waals surface area contributed by atoms with Gasteiger partial charge in [0.2, 0.25) is 5.95 Å². The molecule has 0 bridgehead atoms. The van der Waals surface area contributed by atoms with Crippen molar-refractivity contribution in [2.45, 2.75) is 13.8 Å². The molecule has 1 N–H and O–H groups in total. The van der Waals surface area contributed by atoms with Crippen LogP contribution in [0.5, 0.6) is 0 Å². The Morgan fingerprint density at radius 3 is 2.56 bits per heavy atom. The maximum Gasteiger partial charge on any atom is 0.261 e. The molecular formula is C12H11FN4O. The van der Waals surface area contributed by atoms with Crippen LogP contribution in [0.4, 0.5) is 10.3 Å². The maximum atomic E-state index is 13.4. The third kappa shape index (κ3) is 2.48. The van der Waals surface area contributed by atoms with Gasteiger partial charge in [-0.2, -0.15) is 5.10 Å². The number of hydrogen-bond donors (Lipinski definition) is 1. The average Bonchev–Trinajstić information content (AvgIpc) is 2.34. The van der Waals surface area contributed by atoms with Crippen LogP contribution >= 0.6 is 0 Å². The molecule has 0 atom stereocenters. The number of nitrogens with zero attached hydrogens (tertiary/aromatic N) is 3. The van der Waals surface area contributed by atoms with Crippen molar-refractivity contribution in [1.29, 1.82) is 0 Å². The second-order valence-corrected chi connectivity index (χ2v) is 3.74. The fourth-order valence-electron chi connectivity index (χ4n) is 1.32. The lowest BCUT2D eigenvalue weighted by Crippen LogP contribution is -2.16. The van der Waals surface area contributed by atoms with Crippen molar-refractivity contribution in [2.24, 2.45) is 0 Å². The molecule has 0 aliphatic carbocycles. The molecule has 2 aromatic rings. The first-order valence-electron chi connectivity index (χ1n) is 5.31. The molecule has 5 nitrogen and oxygen atoms in total. The number of nitrogens with one attached hydrogen (secondary N) is 1. The number of aromatic nitrogens is 3. The smallest absolute Gasteiger partial charge is 0.261 e. The highest BCUT2D eigenvalue weighted by molar-refractivity contribution is 6.03. The van der Waals surface area contributed by atoms with Gasteiger partial charge in [0.15, 0.2) is 0 Å². The summed E-state index contributed by atoms with van der Waals surface area (Å²) in [4.78, 5) is 15.8. The lowest BCUT2D eigenvalue weighted by Gasteiger charge is -2.05. The van der Waals surface area contributed by atoms with Crippen LogP contribution in [-0.2, 0) is 0 Å². The van der Waals surface area contributed by atoms with Gasteiger partial charge in [0.1, 0.15) is 5.82 Å². The van der Waals surface area contributed by atoms with Crippen molar-refractivity contribution in [2.75, 3.05) is 5.32 Å². The molecule has 6 heteroatoms. The lowest BCUT2D eigenvalue weighted by atomic mass is 10.2. The summed E-state index contributed by atoms with van der Waals surface area (Å²) in [7, 11) is 0. The van der Waals surface area contributed by atoms with Gasteiger partial charge < -0.3 is 0 Å². The highest BCUT2D eigenvalue weighted by Gasteiger charge is 2.12. The summed E-state index contributed by atoms with van der Waals surface area (Å²) < 4.78 is 13.4. The number of rotatable bonds is 2. The SMILES string of the molecule is Cc1nnc(NC(=O)c2ccccc2F)nc1C. The summed E-state index contributed by atoms with van der Waals surface area (Å²) in [5.41, 5.74) is 1.28. The Balaban J connectivity index is 2.22. The molecule has 18 heavy (non-hydrogen) atoms. The van der Waals surface area contributed by atoms with Crippen molar-refractivity contribution in [3.8, 4) is 0 Å². The molecule has 0 saturated heterocycles. The van der Waals surface area contributed by atoms with Gasteiger partial charge in [0.05, 0.1) is 17.0 Å². The number of amides is 1. The molecule has 1 aromatic heterocycles. The minimum Gasteiger partial charge on any atom is -0.289 e.